The predicted octanol–water partition coefficient (Wildman–Crippen LogP) is 1.51. The number of carbonyl (C=O) groups excluding carboxylic acids is 2. The second-order valence-electron chi connectivity index (χ2n) is 7.23. The summed E-state index contributed by atoms with van der Waals surface area (Å²) >= 11 is 0. The van der Waals surface area contributed by atoms with E-state index in [1.54, 1.807) is 13.2 Å². The molecule has 0 spiro atoms. The number of nitrogens with zero attached hydrogens (tertiary/aromatic N) is 1. The fraction of sp³-hybridized carbons (Fsp3) is 0.364. The van der Waals surface area contributed by atoms with Crippen molar-refractivity contribution in [3.63, 3.8) is 0 Å². The van der Waals surface area contributed by atoms with Crippen molar-refractivity contribution < 1.29 is 14.3 Å². The maximum absolute atomic E-state index is 12.7. The van der Waals surface area contributed by atoms with Crippen LogP contribution in [-0.4, -0.2) is 36.5 Å². The Bertz CT molecular complexity index is 1070. The van der Waals surface area contributed by atoms with Gasteiger partial charge < -0.3 is 20.4 Å². The van der Waals surface area contributed by atoms with Gasteiger partial charge in [0.25, 0.3) is 5.91 Å². The number of nitrogens with one attached hydrogen (secondary N) is 1. The monoisotopic (exact) mass is 379 g/mol. The zero-order valence-electron chi connectivity index (χ0n) is 16.1. The van der Waals surface area contributed by atoms with Crippen molar-refractivity contribution in [2.75, 3.05) is 25.6 Å². The first-order valence-electron chi connectivity index (χ1n) is 9.76. The van der Waals surface area contributed by atoms with E-state index in [1.807, 2.05) is 12.1 Å². The number of methoxy groups -OCH3 is 1. The van der Waals surface area contributed by atoms with E-state index in [9.17, 15) is 9.59 Å². The summed E-state index contributed by atoms with van der Waals surface area (Å²) in [5.74, 6) is -0.242. The molecule has 0 saturated heterocycles. The SMILES string of the molecule is COCCNc1cc(-n2c3c(c4c2=CCCC=4)C(=O)CCC3)ccc1C(N)=O. The van der Waals surface area contributed by atoms with Gasteiger partial charge in [0.15, 0.2) is 5.78 Å². The highest BCUT2D eigenvalue weighted by Gasteiger charge is 2.26. The largest absolute Gasteiger partial charge is 0.383 e. The summed E-state index contributed by atoms with van der Waals surface area (Å²) in [5, 5.41) is 5.40. The van der Waals surface area contributed by atoms with Crippen molar-refractivity contribution in [3.8, 4) is 5.69 Å². The van der Waals surface area contributed by atoms with Gasteiger partial charge in [0.1, 0.15) is 0 Å². The molecule has 1 amide bonds. The summed E-state index contributed by atoms with van der Waals surface area (Å²) in [4.78, 5) is 24.5. The van der Waals surface area contributed by atoms with Crippen LogP contribution in [0.2, 0.25) is 0 Å². The third-order valence-corrected chi connectivity index (χ3v) is 5.44. The lowest BCUT2D eigenvalue weighted by Crippen LogP contribution is -2.32. The lowest BCUT2D eigenvalue weighted by molar-refractivity contribution is 0.0969. The Kier molecular flexibility index (Phi) is 5.05. The highest BCUT2D eigenvalue weighted by atomic mass is 16.5. The molecular weight excluding hydrogens is 354 g/mol. The molecule has 0 fully saturated rings. The molecule has 1 heterocycles. The molecular formula is C22H25N3O3. The number of nitrogens with two attached hydrogens (primary N) is 1. The second-order valence-corrected chi connectivity index (χ2v) is 7.23. The Morgan fingerprint density at radius 3 is 2.86 bits per heavy atom. The van der Waals surface area contributed by atoms with Gasteiger partial charge in [-0.15, -0.1) is 0 Å². The number of amides is 1. The first-order chi connectivity index (χ1) is 13.6. The third-order valence-electron chi connectivity index (χ3n) is 5.44. The van der Waals surface area contributed by atoms with Gasteiger partial charge in [0, 0.05) is 53.3 Å². The molecule has 3 N–H and O–H groups in total. The average Bonchev–Trinajstić information content (AvgIpc) is 3.03. The molecule has 28 heavy (non-hydrogen) atoms. The van der Waals surface area contributed by atoms with E-state index in [0.717, 1.165) is 53.2 Å². The number of benzene rings is 1. The Balaban J connectivity index is 1.90. The van der Waals surface area contributed by atoms with Crippen molar-refractivity contribution in [2.24, 2.45) is 5.73 Å². The van der Waals surface area contributed by atoms with Crippen LogP contribution in [0.4, 0.5) is 5.69 Å². The number of Topliss-reactive ketones (excluding diaryl/α,β-unsaturated/α-hetero) is 1. The number of primary amides is 1. The van der Waals surface area contributed by atoms with Gasteiger partial charge in [-0.05, 0) is 43.9 Å². The van der Waals surface area contributed by atoms with E-state index in [4.69, 9.17) is 10.5 Å². The van der Waals surface area contributed by atoms with Gasteiger partial charge in [-0.25, -0.2) is 0 Å². The third kappa shape index (κ3) is 3.14. The maximum Gasteiger partial charge on any atom is 0.250 e. The van der Waals surface area contributed by atoms with Crippen LogP contribution >= 0.6 is 0 Å². The molecule has 0 aliphatic heterocycles. The van der Waals surface area contributed by atoms with Gasteiger partial charge in [-0.2, -0.15) is 0 Å². The number of ketones is 1. The minimum Gasteiger partial charge on any atom is -0.383 e. The molecule has 1 aromatic carbocycles. The zero-order valence-corrected chi connectivity index (χ0v) is 16.1. The van der Waals surface area contributed by atoms with E-state index in [1.165, 1.54) is 0 Å². The molecule has 6 nitrogen and oxygen atoms in total. The molecule has 2 aromatic rings. The fourth-order valence-electron chi connectivity index (χ4n) is 4.22. The van der Waals surface area contributed by atoms with Crippen molar-refractivity contribution in [1.29, 1.82) is 0 Å². The first-order valence-corrected chi connectivity index (χ1v) is 9.76. The summed E-state index contributed by atoms with van der Waals surface area (Å²) in [6.45, 7) is 1.09. The molecule has 0 bridgehead atoms. The first kappa shape index (κ1) is 18.5. The van der Waals surface area contributed by atoms with Gasteiger partial charge >= 0.3 is 0 Å². The number of rotatable bonds is 6. The molecule has 146 valence electrons. The van der Waals surface area contributed by atoms with Crippen molar-refractivity contribution >= 4 is 29.5 Å². The number of anilines is 1. The Morgan fingerprint density at radius 2 is 2.07 bits per heavy atom. The molecule has 1 aromatic heterocycles. The maximum atomic E-state index is 12.7. The number of hydrogen-bond donors (Lipinski definition) is 2. The quantitative estimate of drug-likeness (QED) is 0.745. The topological polar surface area (TPSA) is 86.3 Å². The van der Waals surface area contributed by atoms with Crippen molar-refractivity contribution in [1.82, 2.24) is 4.57 Å². The van der Waals surface area contributed by atoms with E-state index >= 15 is 0 Å². The molecule has 0 radical (unpaired) electrons. The number of aromatic nitrogens is 1. The van der Waals surface area contributed by atoms with Gasteiger partial charge in [-0.1, -0.05) is 12.2 Å². The van der Waals surface area contributed by atoms with Crippen LogP contribution in [-0.2, 0) is 11.2 Å². The van der Waals surface area contributed by atoms with Crippen LogP contribution in [0, 0.1) is 0 Å². The highest BCUT2D eigenvalue weighted by molar-refractivity contribution is 6.00. The molecule has 0 atom stereocenters. The van der Waals surface area contributed by atoms with Crippen LogP contribution in [0.3, 0.4) is 0 Å². The normalized spacial score (nSPS) is 15.2. The summed E-state index contributed by atoms with van der Waals surface area (Å²) in [6, 6.07) is 5.60. The molecule has 4 rings (SSSR count). The van der Waals surface area contributed by atoms with Crippen molar-refractivity contribution in [2.45, 2.75) is 32.1 Å². The summed E-state index contributed by atoms with van der Waals surface area (Å²) in [5.41, 5.74) is 9.57. The van der Waals surface area contributed by atoms with E-state index < -0.39 is 5.91 Å². The Morgan fingerprint density at radius 1 is 1.25 bits per heavy atom. The van der Waals surface area contributed by atoms with Crippen LogP contribution in [0.1, 0.15) is 52.1 Å². The number of ether oxygens (including phenoxy) is 1. The standard InChI is InChI=1S/C22H25N3O3/c1-28-12-11-24-17-13-14(9-10-15(17)22(23)27)25-18-6-3-2-5-16(18)21-19(25)7-4-8-20(21)26/h5-6,9-10,13,24H,2-4,7-8,11-12H2,1H3,(H2,23,27). The van der Waals surface area contributed by atoms with Crippen LogP contribution in [0.25, 0.3) is 17.8 Å². The summed E-state index contributed by atoms with van der Waals surface area (Å²) < 4.78 is 7.28. The lowest BCUT2D eigenvalue weighted by Gasteiger charge is -2.17. The predicted molar refractivity (Wildman–Crippen MR) is 109 cm³/mol. The molecule has 2 aliphatic carbocycles. The summed E-state index contributed by atoms with van der Waals surface area (Å²) in [7, 11) is 1.63. The van der Waals surface area contributed by atoms with Gasteiger partial charge in [0.05, 0.1) is 12.2 Å². The molecule has 0 unspecified atom stereocenters. The fourth-order valence-corrected chi connectivity index (χ4v) is 4.22. The Hall–Kier alpha value is -2.86. The highest BCUT2D eigenvalue weighted by Crippen LogP contribution is 2.25. The minimum absolute atomic E-state index is 0.231. The van der Waals surface area contributed by atoms with Crippen LogP contribution in [0.15, 0.2) is 18.2 Å². The number of fused-ring (bicyclic) bond motifs is 3. The van der Waals surface area contributed by atoms with Gasteiger partial charge in [0.2, 0.25) is 0 Å². The second kappa shape index (κ2) is 7.64. The Labute approximate surface area is 163 Å². The smallest absolute Gasteiger partial charge is 0.250 e. The zero-order chi connectivity index (χ0) is 19.7. The van der Waals surface area contributed by atoms with Crippen molar-refractivity contribution in [3.05, 3.63) is 45.6 Å². The van der Waals surface area contributed by atoms with E-state index in [0.29, 0.717) is 30.8 Å². The van der Waals surface area contributed by atoms with Crippen LogP contribution < -0.4 is 21.6 Å². The van der Waals surface area contributed by atoms with E-state index in [2.05, 4.69) is 22.0 Å². The molecule has 6 heteroatoms. The molecule has 0 saturated carbocycles. The van der Waals surface area contributed by atoms with Gasteiger partial charge in [-0.3, -0.25) is 9.59 Å². The summed E-state index contributed by atoms with van der Waals surface area (Å²) in [6.07, 6.45) is 8.67. The number of hydrogen-bond acceptors (Lipinski definition) is 4. The van der Waals surface area contributed by atoms with E-state index in [-0.39, 0.29) is 5.78 Å². The minimum atomic E-state index is -0.474. The molecule has 2 aliphatic rings. The van der Waals surface area contributed by atoms with Crippen LogP contribution in [0.5, 0.6) is 0 Å². The average molecular weight is 379 g/mol. The lowest BCUT2D eigenvalue weighted by atomic mass is 9.94. The number of carbonyl (C=O) groups is 2.